The maximum atomic E-state index is 6.75. The van der Waals surface area contributed by atoms with Gasteiger partial charge in [-0.05, 0) is 0 Å². The van der Waals surface area contributed by atoms with E-state index in [1.807, 2.05) is 0 Å². The van der Waals surface area contributed by atoms with Crippen molar-refractivity contribution in [2.24, 2.45) is 0 Å². The van der Waals surface area contributed by atoms with Gasteiger partial charge in [0.25, 0.3) is 0 Å². The molecule has 10 heteroatoms. The molecular formula is N9Rh. The van der Waals surface area contributed by atoms with Gasteiger partial charge in [0.1, 0.15) is 0 Å². The van der Waals surface area contributed by atoms with Gasteiger partial charge >= 0.3 is 19.5 Å². The SMILES string of the molecule is [N-]=[N+]=[N-].[N-]=[N+]=[N-].[N-]=[N+]=[N-].[Rh+3]. The minimum absolute atomic E-state index is 0. The van der Waals surface area contributed by atoms with Gasteiger partial charge in [-0.15, -0.1) is 0 Å². The summed E-state index contributed by atoms with van der Waals surface area (Å²) in [7, 11) is 0. The van der Waals surface area contributed by atoms with Gasteiger partial charge in [-0.2, -0.15) is 0 Å². The average molecular weight is 229 g/mol. The quantitative estimate of drug-likeness (QED) is 0.256. The Morgan fingerprint density at radius 1 is 0.500 bits per heavy atom. The fraction of sp³-hybridized carbons (Fsp3) is 0. The number of hydrogen-bond acceptors (Lipinski definition) is 0. The summed E-state index contributed by atoms with van der Waals surface area (Å²) in [5, 5.41) is 0. The molecule has 0 aliphatic heterocycles. The van der Waals surface area contributed by atoms with Gasteiger partial charge in [-0.1, -0.05) is 0 Å². The molecule has 0 saturated heterocycles. The topological polar surface area (TPSA) is 176 Å². The second kappa shape index (κ2) is 134. The van der Waals surface area contributed by atoms with Crippen LogP contribution < -0.4 is 0 Å². The summed E-state index contributed by atoms with van der Waals surface area (Å²) >= 11 is 0. The molecule has 10 heavy (non-hydrogen) atoms. The molecule has 0 atom stereocenters. The van der Waals surface area contributed by atoms with Crippen molar-refractivity contribution in [1.29, 1.82) is 0 Å². The van der Waals surface area contributed by atoms with Crippen LogP contribution in [-0.2, 0) is 19.5 Å². The van der Waals surface area contributed by atoms with Crippen LogP contribution >= 0.6 is 0 Å². The average Bonchev–Trinajstić information content (AvgIpc) is 1.70. The van der Waals surface area contributed by atoms with Crippen LogP contribution in [0.4, 0.5) is 0 Å². The molecule has 0 bridgehead atoms. The Hall–Kier alpha value is -1.45. The minimum atomic E-state index is 0. The van der Waals surface area contributed by atoms with Gasteiger partial charge in [0.15, 0.2) is 0 Å². The fourth-order valence-electron chi connectivity index (χ4n) is 0. The Morgan fingerprint density at radius 3 is 0.500 bits per heavy atom. The van der Waals surface area contributed by atoms with Crippen LogP contribution in [-0.4, -0.2) is 0 Å². The van der Waals surface area contributed by atoms with Crippen LogP contribution in [0.3, 0.4) is 0 Å². The maximum Gasteiger partial charge on any atom is 3.00 e. The molecule has 0 spiro atoms. The molecule has 0 aromatic carbocycles. The summed E-state index contributed by atoms with van der Waals surface area (Å²) < 4.78 is 0. The Morgan fingerprint density at radius 2 is 0.500 bits per heavy atom. The summed E-state index contributed by atoms with van der Waals surface area (Å²) in [5.41, 5.74) is 40.5. The molecule has 54 valence electrons. The second-order valence-corrected chi connectivity index (χ2v) is 0.268. The molecule has 0 amide bonds. The van der Waals surface area contributed by atoms with Crippen LogP contribution in [0.2, 0.25) is 0 Å². The van der Waals surface area contributed by atoms with Gasteiger partial charge in [0.05, 0.1) is 0 Å². The van der Waals surface area contributed by atoms with E-state index < -0.39 is 0 Å². The van der Waals surface area contributed by atoms with E-state index in [0.717, 1.165) is 0 Å². The summed E-state index contributed by atoms with van der Waals surface area (Å²) in [6, 6.07) is 0. The first-order valence-electron chi connectivity index (χ1n) is 1.20. The fourth-order valence-corrected chi connectivity index (χ4v) is 0. The van der Waals surface area contributed by atoms with Crippen LogP contribution in [0.1, 0.15) is 0 Å². The van der Waals surface area contributed by atoms with Gasteiger partial charge in [-0.25, -0.2) is 0 Å². The number of hydrogen-bond donors (Lipinski definition) is 0. The molecule has 0 aromatic rings. The maximum absolute atomic E-state index is 6.75. The number of rotatable bonds is 0. The van der Waals surface area contributed by atoms with E-state index in [9.17, 15) is 0 Å². The van der Waals surface area contributed by atoms with E-state index in [1.54, 1.807) is 0 Å². The van der Waals surface area contributed by atoms with Gasteiger partial charge < -0.3 is 33.2 Å². The first-order chi connectivity index (χ1) is 4.24. The smallest absolute Gasteiger partial charge is 0.373 e. The van der Waals surface area contributed by atoms with Crippen LogP contribution in [0.5, 0.6) is 0 Å². The van der Waals surface area contributed by atoms with Crippen molar-refractivity contribution in [2.75, 3.05) is 0 Å². The third-order valence-corrected chi connectivity index (χ3v) is 0. The summed E-state index contributed by atoms with van der Waals surface area (Å²) in [4.78, 5) is 4.50. The molecule has 0 saturated carbocycles. The standard InChI is InChI=1S/3N3.Rh/c3*1-3-2;/q3*-1;+3. The van der Waals surface area contributed by atoms with Crippen LogP contribution in [0, 0.1) is 0 Å². The van der Waals surface area contributed by atoms with Gasteiger partial charge in [0, 0.05) is 0 Å². The van der Waals surface area contributed by atoms with Gasteiger partial charge in [-0.3, -0.25) is 14.7 Å². The zero-order chi connectivity index (χ0) is 8.12. The first kappa shape index (κ1) is 23.5. The molecule has 9 nitrogen and oxygen atoms in total. The van der Waals surface area contributed by atoms with E-state index in [0.29, 0.717) is 0 Å². The molecule has 0 fully saturated rings. The van der Waals surface area contributed by atoms with Crippen molar-refractivity contribution in [3.05, 3.63) is 47.9 Å². The van der Waals surface area contributed by atoms with E-state index >= 15 is 0 Å². The molecule has 0 radical (unpaired) electrons. The van der Waals surface area contributed by atoms with Gasteiger partial charge in [0.2, 0.25) is 0 Å². The predicted molar refractivity (Wildman–Crippen MR) is 30.2 cm³/mol. The van der Waals surface area contributed by atoms with Crippen LogP contribution in [0.25, 0.3) is 47.9 Å². The Balaban J connectivity index is -0.0000000257. The van der Waals surface area contributed by atoms with E-state index in [1.165, 1.54) is 14.7 Å². The molecule has 0 aliphatic rings. The van der Waals surface area contributed by atoms with Crippen molar-refractivity contribution in [2.45, 2.75) is 0 Å². The first-order valence-corrected chi connectivity index (χ1v) is 1.20. The summed E-state index contributed by atoms with van der Waals surface area (Å²) in [6.45, 7) is 0. The van der Waals surface area contributed by atoms with Crippen molar-refractivity contribution in [1.82, 2.24) is 0 Å². The Bertz CT molecular complexity index is 96.3. The van der Waals surface area contributed by atoms with Crippen molar-refractivity contribution >= 4 is 0 Å². The molecule has 0 N–H and O–H groups in total. The largest absolute Gasteiger partial charge is 3.00 e. The van der Waals surface area contributed by atoms with E-state index in [-0.39, 0.29) is 19.5 Å². The van der Waals surface area contributed by atoms with E-state index in [4.69, 9.17) is 33.2 Å². The molecule has 0 rings (SSSR count). The third kappa shape index (κ3) is 96.6. The summed E-state index contributed by atoms with van der Waals surface area (Å²) in [5.74, 6) is 0. The Kier molecular flexibility index (Phi) is 316. The third-order valence-electron chi connectivity index (χ3n) is 0. The van der Waals surface area contributed by atoms with Crippen molar-refractivity contribution in [3.63, 3.8) is 0 Å². The second-order valence-electron chi connectivity index (χ2n) is 0.268. The molecule has 0 aromatic heterocycles. The van der Waals surface area contributed by atoms with E-state index in [2.05, 4.69) is 0 Å². The minimum Gasteiger partial charge on any atom is -0.373 e. The van der Waals surface area contributed by atoms with Crippen LogP contribution in [0.15, 0.2) is 0 Å². The molecule has 0 aliphatic carbocycles. The normalized spacial score (nSPS) is 2.40. The van der Waals surface area contributed by atoms with Crippen molar-refractivity contribution in [3.8, 4) is 0 Å². The monoisotopic (exact) mass is 229 g/mol. The molecular weight excluding hydrogens is 229 g/mol. The molecule has 0 heterocycles. The Labute approximate surface area is 68.0 Å². The molecule has 0 unspecified atom stereocenters. The zero-order valence-electron chi connectivity index (χ0n) is 4.36. The van der Waals surface area contributed by atoms with Crippen molar-refractivity contribution < 1.29 is 19.5 Å². The zero-order valence-corrected chi connectivity index (χ0v) is 6.00. The number of nitrogens with zero attached hydrogens (tertiary/aromatic N) is 9. The predicted octanol–water partition coefficient (Wildman–Crippen LogP) is 2.60. The summed E-state index contributed by atoms with van der Waals surface area (Å²) in [6.07, 6.45) is 0.